The Morgan fingerprint density at radius 2 is 1.84 bits per heavy atom. The summed E-state index contributed by atoms with van der Waals surface area (Å²) in [6.07, 6.45) is 6.64. The van der Waals surface area contributed by atoms with Crippen LogP contribution < -0.4 is 10.3 Å². The predicted molar refractivity (Wildman–Crippen MR) is 129 cm³/mol. The molecule has 2 aromatic heterocycles. The molecule has 1 aliphatic rings. The van der Waals surface area contributed by atoms with Crippen molar-refractivity contribution in [1.29, 1.82) is 0 Å². The van der Waals surface area contributed by atoms with E-state index in [1.807, 2.05) is 12.3 Å². The summed E-state index contributed by atoms with van der Waals surface area (Å²) in [6.45, 7) is 4.91. The Bertz CT molecular complexity index is 1330. The van der Waals surface area contributed by atoms with E-state index in [1.165, 1.54) is 28.1 Å². The van der Waals surface area contributed by atoms with Crippen LogP contribution in [0.5, 0.6) is 0 Å². The summed E-state index contributed by atoms with van der Waals surface area (Å²) in [4.78, 5) is 4.62. The summed E-state index contributed by atoms with van der Waals surface area (Å²) in [5.41, 5.74) is 15.6. The molecule has 5 nitrogen and oxygen atoms in total. The number of nitrogens with zero attached hydrogens (tertiary/aromatic N) is 4. The van der Waals surface area contributed by atoms with E-state index in [4.69, 9.17) is 5.73 Å². The Morgan fingerprint density at radius 1 is 1.06 bits per heavy atom. The zero-order valence-electron chi connectivity index (χ0n) is 18.4. The lowest BCUT2D eigenvalue weighted by Crippen LogP contribution is -2.33. The molecule has 0 aliphatic carbocycles. The highest BCUT2D eigenvalue weighted by Crippen LogP contribution is 2.25. The second-order valence-electron chi connectivity index (χ2n) is 8.31. The van der Waals surface area contributed by atoms with Crippen molar-refractivity contribution in [2.75, 3.05) is 5.73 Å². The molecule has 2 N–H and O–H groups in total. The third-order valence-corrected chi connectivity index (χ3v) is 5.86. The first kappa shape index (κ1) is 19.9. The van der Waals surface area contributed by atoms with Crippen molar-refractivity contribution in [2.24, 2.45) is 4.99 Å². The molecule has 32 heavy (non-hydrogen) atoms. The molecule has 0 amide bonds. The van der Waals surface area contributed by atoms with Crippen molar-refractivity contribution in [1.82, 2.24) is 9.78 Å². The van der Waals surface area contributed by atoms with E-state index >= 15 is 0 Å². The molecule has 5 heteroatoms. The van der Waals surface area contributed by atoms with Gasteiger partial charge in [-0.05, 0) is 31.5 Å². The van der Waals surface area contributed by atoms with Gasteiger partial charge in [-0.3, -0.25) is 4.99 Å². The second kappa shape index (κ2) is 8.27. The molecule has 0 radical (unpaired) electrons. The van der Waals surface area contributed by atoms with E-state index in [0.717, 1.165) is 17.5 Å². The molecule has 0 unspecified atom stereocenters. The first-order valence-corrected chi connectivity index (χ1v) is 10.8. The minimum atomic E-state index is 0.571. The van der Waals surface area contributed by atoms with E-state index in [-0.39, 0.29) is 0 Å². The molecule has 0 fully saturated rings. The van der Waals surface area contributed by atoms with E-state index in [0.29, 0.717) is 18.1 Å². The number of anilines is 1. The summed E-state index contributed by atoms with van der Waals surface area (Å²) in [5, 5.41) is 4.42. The minimum absolute atomic E-state index is 0.571. The fraction of sp³-hybridized carbons (Fsp3) is 0.148. The lowest BCUT2D eigenvalue weighted by molar-refractivity contribution is -0.582. The summed E-state index contributed by atoms with van der Waals surface area (Å²) >= 11 is 0. The highest BCUT2D eigenvalue weighted by molar-refractivity contribution is 5.83. The van der Waals surface area contributed by atoms with Gasteiger partial charge in [0.2, 0.25) is 5.70 Å². The van der Waals surface area contributed by atoms with E-state index in [2.05, 4.69) is 95.4 Å². The van der Waals surface area contributed by atoms with E-state index in [1.54, 1.807) is 10.9 Å². The lowest BCUT2D eigenvalue weighted by atomic mass is 10.1. The van der Waals surface area contributed by atoms with Crippen molar-refractivity contribution in [3.63, 3.8) is 0 Å². The topological polar surface area (TPSA) is 60.1 Å². The van der Waals surface area contributed by atoms with Crippen LogP contribution in [0, 0.1) is 6.92 Å². The van der Waals surface area contributed by atoms with Crippen LogP contribution in [0.25, 0.3) is 5.70 Å². The molecule has 0 spiro atoms. The van der Waals surface area contributed by atoms with Gasteiger partial charge in [0.1, 0.15) is 11.5 Å². The van der Waals surface area contributed by atoms with Gasteiger partial charge < -0.3 is 5.73 Å². The highest BCUT2D eigenvalue weighted by Gasteiger charge is 2.28. The van der Waals surface area contributed by atoms with Crippen molar-refractivity contribution >= 4 is 23.4 Å². The zero-order valence-corrected chi connectivity index (χ0v) is 18.4. The molecular weight excluding hydrogens is 394 g/mol. The molecule has 4 aromatic rings. The number of aromatic nitrogens is 3. The number of pyridine rings is 1. The summed E-state index contributed by atoms with van der Waals surface area (Å²) < 4.78 is 4.06. The fourth-order valence-electron chi connectivity index (χ4n) is 4.16. The first-order valence-electron chi connectivity index (χ1n) is 10.8. The molecule has 0 bridgehead atoms. The van der Waals surface area contributed by atoms with Gasteiger partial charge in [-0.2, -0.15) is 9.67 Å². The Morgan fingerprint density at radius 3 is 2.62 bits per heavy atom. The van der Waals surface area contributed by atoms with Crippen molar-refractivity contribution in [3.8, 4) is 0 Å². The molecule has 0 atom stereocenters. The number of rotatable bonds is 5. The lowest BCUT2D eigenvalue weighted by Gasteiger charge is -2.05. The van der Waals surface area contributed by atoms with Gasteiger partial charge >= 0.3 is 0 Å². The Labute approximate surface area is 188 Å². The molecular formula is C27H26N5+. The summed E-state index contributed by atoms with van der Waals surface area (Å²) in [5.74, 6) is 0.571. The molecule has 0 saturated heterocycles. The van der Waals surface area contributed by atoms with Gasteiger partial charge in [0.05, 0.1) is 19.2 Å². The second-order valence-corrected chi connectivity index (χ2v) is 8.31. The number of benzene rings is 2. The number of aryl methyl sites for hydroxylation is 1. The van der Waals surface area contributed by atoms with Gasteiger partial charge in [0, 0.05) is 35.0 Å². The maximum Gasteiger partial charge on any atom is 0.217 e. The van der Waals surface area contributed by atoms with Crippen molar-refractivity contribution in [3.05, 3.63) is 113 Å². The molecule has 5 rings (SSSR count). The SMILES string of the molecule is CC1=C(c2ccccc2)[n+]2ccc(C=Nc3cnn(Cc4ccc(C)cc4)c3N)cc2C1. The van der Waals surface area contributed by atoms with Gasteiger partial charge in [-0.1, -0.05) is 48.0 Å². The van der Waals surface area contributed by atoms with Gasteiger partial charge in [-0.15, -0.1) is 0 Å². The third kappa shape index (κ3) is 3.85. The predicted octanol–water partition coefficient (Wildman–Crippen LogP) is 4.70. The quantitative estimate of drug-likeness (QED) is 0.376. The van der Waals surface area contributed by atoms with Crippen LogP contribution in [0.2, 0.25) is 0 Å². The van der Waals surface area contributed by atoms with Crippen molar-refractivity contribution < 1.29 is 4.57 Å². The number of aliphatic imine (C=N–C) groups is 1. The average Bonchev–Trinajstić information content (AvgIpc) is 3.32. The van der Waals surface area contributed by atoms with Crippen LogP contribution >= 0.6 is 0 Å². The molecule has 2 aromatic carbocycles. The van der Waals surface area contributed by atoms with Crippen LogP contribution in [0.3, 0.4) is 0 Å². The van der Waals surface area contributed by atoms with Crippen LogP contribution in [0.15, 0.2) is 89.7 Å². The van der Waals surface area contributed by atoms with Crippen LogP contribution in [-0.2, 0) is 13.0 Å². The van der Waals surface area contributed by atoms with E-state index < -0.39 is 0 Å². The number of nitrogens with two attached hydrogens (primary N) is 1. The van der Waals surface area contributed by atoms with Gasteiger partial charge in [0.15, 0.2) is 11.9 Å². The Hall–Kier alpha value is -3.99. The maximum absolute atomic E-state index is 6.31. The van der Waals surface area contributed by atoms with Crippen molar-refractivity contribution in [2.45, 2.75) is 26.8 Å². The third-order valence-electron chi connectivity index (χ3n) is 5.86. The minimum Gasteiger partial charge on any atom is -0.382 e. The molecule has 0 saturated carbocycles. The van der Waals surface area contributed by atoms with Gasteiger partial charge in [0.25, 0.3) is 0 Å². The molecule has 3 heterocycles. The number of allylic oxidation sites excluding steroid dienone is 1. The number of hydrogen-bond acceptors (Lipinski definition) is 3. The molecule has 158 valence electrons. The normalized spacial score (nSPS) is 13.2. The van der Waals surface area contributed by atoms with Crippen LogP contribution in [-0.4, -0.2) is 16.0 Å². The molecule has 1 aliphatic heterocycles. The number of nitrogen functional groups attached to an aromatic ring is 1. The first-order chi connectivity index (χ1) is 15.6. The smallest absolute Gasteiger partial charge is 0.217 e. The summed E-state index contributed by atoms with van der Waals surface area (Å²) in [7, 11) is 0. The number of fused-ring (bicyclic) bond motifs is 1. The van der Waals surface area contributed by atoms with E-state index in [9.17, 15) is 0 Å². The largest absolute Gasteiger partial charge is 0.382 e. The number of hydrogen-bond donors (Lipinski definition) is 1. The monoisotopic (exact) mass is 420 g/mol. The summed E-state index contributed by atoms with van der Waals surface area (Å²) in [6, 6.07) is 23.2. The van der Waals surface area contributed by atoms with Gasteiger partial charge in [-0.25, -0.2) is 4.68 Å². The van der Waals surface area contributed by atoms with Crippen LogP contribution in [0.1, 0.15) is 34.9 Å². The highest BCUT2D eigenvalue weighted by atomic mass is 15.3. The standard InChI is InChI=1S/C27H25N5/c1-19-8-10-21(11-9-19)18-32-27(28)25(17-30-32)29-16-22-12-13-31-24(15-22)14-20(2)26(31)23-6-4-3-5-7-23/h3-13,15-17,28H,14,18H2,1-2H3/p+1. The zero-order chi connectivity index (χ0) is 22.1. The Kier molecular flexibility index (Phi) is 5.15. The average molecular weight is 421 g/mol. The van der Waals surface area contributed by atoms with Crippen LogP contribution in [0.4, 0.5) is 11.5 Å². The fourth-order valence-corrected chi connectivity index (χ4v) is 4.16. The Balaban J connectivity index is 1.35. The maximum atomic E-state index is 6.31.